The predicted octanol–water partition coefficient (Wildman–Crippen LogP) is 14.4. The zero-order chi connectivity index (χ0) is 37.2. The molecule has 0 fully saturated rings. The molecule has 0 N–H and O–H groups in total. The third kappa shape index (κ3) is 4.26. The lowest BCUT2D eigenvalue weighted by atomic mass is 9.99. The molecule has 3 nitrogen and oxygen atoms in total. The average Bonchev–Trinajstić information content (AvgIpc) is 4.00. The second-order valence-electron chi connectivity index (χ2n) is 15.3. The van der Waals surface area contributed by atoms with E-state index in [1.54, 1.807) is 0 Å². The van der Waals surface area contributed by atoms with Crippen LogP contribution in [0.5, 0.6) is 0 Å². The van der Waals surface area contributed by atoms with Crippen molar-refractivity contribution >= 4 is 81.7 Å². The molecule has 4 aromatic heterocycles. The maximum Gasteiger partial charge on any atom is 0.0620 e. The topological polar surface area (TPSA) is 14.3 Å². The van der Waals surface area contributed by atoms with E-state index in [-0.39, 0.29) is 0 Å². The van der Waals surface area contributed by atoms with Gasteiger partial charge in [-0.1, -0.05) is 127 Å². The minimum absolute atomic E-state index is 1.16. The normalized spacial score (nSPS) is 12.2. The van der Waals surface area contributed by atoms with Crippen molar-refractivity contribution in [2.45, 2.75) is 0 Å². The van der Waals surface area contributed by atoms with E-state index in [1.165, 1.54) is 110 Å². The van der Waals surface area contributed by atoms with E-state index in [4.69, 9.17) is 0 Å². The molecule has 9 aromatic carbocycles. The Kier molecular flexibility index (Phi) is 6.16. The number of benzene rings is 9. The first-order valence-corrected chi connectivity index (χ1v) is 19.7. The highest BCUT2D eigenvalue weighted by atomic mass is 15.0. The molecule has 0 aliphatic heterocycles. The molecule has 0 saturated heterocycles. The minimum Gasteiger partial charge on any atom is -0.309 e. The highest BCUT2D eigenvalue weighted by molar-refractivity contribution is 6.23. The number of nitrogens with zero attached hydrogens (tertiary/aromatic N) is 3. The van der Waals surface area contributed by atoms with Crippen LogP contribution in [-0.2, 0) is 0 Å². The third-order valence-electron chi connectivity index (χ3n) is 12.4. The largest absolute Gasteiger partial charge is 0.309 e. The number of para-hydroxylation sites is 5. The molecular weight excluding hydrogens is 691 g/mol. The Hall–Kier alpha value is -7.62. The van der Waals surface area contributed by atoms with Crippen LogP contribution in [0.4, 0.5) is 0 Å². The zero-order valence-corrected chi connectivity index (χ0v) is 30.9. The first kappa shape index (κ1) is 30.7. The van der Waals surface area contributed by atoms with Gasteiger partial charge in [0, 0.05) is 54.5 Å². The van der Waals surface area contributed by atoms with Crippen LogP contribution in [0, 0.1) is 0 Å². The van der Waals surface area contributed by atoms with Gasteiger partial charge in [0.15, 0.2) is 0 Å². The molecule has 13 aromatic rings. The van der Waals surface area contributed by atoms with Crippen molar-refractivity contribution in [3.63, 3.8) is 0 Å². The summed E-state index contributed by atoms with van der Waals surface area (Å²) >= 11 is 0. The Labute approximate surface area is 327 Å². The number of aromatic nitrogens is 3. The maximum absolute atomic E-state index is 2.47. The molecule has 0 unspecified atom stereocenters. The minimum atomic E-state index is 1.16. The van der Waals surface area contributed by atoms with Crippen molar-refractivity contribution in [1.82, 2.24) is 13.5 Å². The summed E-state index contributed by atoms with van der Waals surface area (Å²) < 4.78 is 7.28. The Morgan fingerprint density at radius 2 is 0.632 bits per heavy atom. The van der Waals surface area contributed by atoms with Gasteiger partial charge in [-0.15, -0.1) is 0 Å². The van der Waals surface area contributed by atoms with Gasteiger partial charge in [-0.05, 0) is 95.1 Å². The summed E-state index contributed by atoms with van der Waals surface area (Å²) in [5.41, 5.74) is 15.8. The van der Waals surface area contributed by atoms with Gasteiger partial charge < -0.3 is 13.5 Å². The van der Waals surface area contributed by atoms with Crippen LogP contribution >= 0.6 is 0 Å². The molecule has 4 heterocycles. The first-order chi connectivity index (χ1) is 28.3. The molecule has 264 valence electrons. The number of hydrogen-bond donors (Lipinski definition) is 0. The second kappa shape index (κ2) is 11.5. The van der Waals surface area contributed by atoms with Crippen molar-refractivity contribution < 1.29 is 0 Å². The predicted molar refractivity (Wildman–Crippen MR) is 241 cm³/mol. The standard InChI is InChI=1S/C54H33N3/c1-3-12-38(13-4-1)55-48-20-9-8-17-41(48)46-30-34(24-28-50(46)55)36-23-27-43-47-31-35(25-29-51(47)56(52(43)32-36)39-14-5-2-6-15-39)37-22-26-42-45-19-11-18-44-40-16-7-10-21-49(40)57(54(44)45)53(42)33-37/h1-33H. The van der Waals surface area contributed by atoms with Crippen LogP contribution in [0.3, 0.4) is 0 Å². The number of fused-ring (bicyclic) bond motifs is 12. The van der Waals surface area contributed by atoms with E-state index < -0.39 is 0 Å². The first-order valence-electron chi connectivity index (χ1n) is 19.7. The highest BCUT2D eigenvalue weighted by Crippen LogP contribution is 2.42. The van der Waals surface area contributed by atoms with Crippen LogP contribution in [-0.4, -0.2) is 13.5 Å². The lowest BCUT2D eigenvalue weighted by Gasteiger charge is -2.10. The van der Waals surface area contributed by atoms with E-state index >= 15 is 0 Å². The molecular formula is C54H33N3. The van der Waals surface area contributed by atoms with Crippen LogP contribution in [0.2, 0.25) is 0 Å². The van der Waals surface area contributed by atoms with Gasteiger partial charge in [0.2, 0.25) is 0 Å². The summed E-state index contributed by atoms with van der Waals surface area (Å²) in [4.78, 5) is 0. The number of hydrogen-bond acceptors (Lipinski definition) is 0. The molecule has 13 rings (SSSR count). The third-order valence-corrected chi connectivity index (χ3v) is 12.4. The van der Waals surface area contributed by atoms with Crippen LogP contribution in [0.25, 0.3) is 115 Å². The Bertz CT molecular complexity index is 3730. The van der Waals surface area contributed by atoms with Crippen molar-refractivity contribution in [3.05, 3.63) is 200 Å². The van der Waals surface area contributed by atoms with Crippen LogP contribution < -0.4 is 0 Å². The quantitative estimate of drug-likeness (QED) is 0.172. The zero-order valence-electron chi connectivity index (χ0n) is 30.9. The second-order valence-corrected chi connectivity index (χ2v) is 15.3. The van der Waals surface area contributed by atoms with Crippen molar-refractivity contribution in [2.75, 3.05) is 0 Å². The summed E-state index contributed by atoms with van der Waals surface area (Å²) in [5, 5.41) is 10.2. The van der Waals surface area contributed by atoms with Gasteiger partial charge >= 0.3 is 0 Å². The fourth-order valence-corrected chi connectivity index (χ4v) is 9.85. The van der Waals surface area contributed by atoms with Crippen molar-refractivity contribution in [1.29, 1.82) is 0 Å². The SMILES string of the molecule is c1ccc(-n2c3ccccc3c3cc(-c4ccc5c6cc(-c7ccc8c9cccc%10c%11ccccc%11n(c8c7)c%109)ccc6n(-c6ccccc6)c5c4)ccc32)cc1. The number of rotatable bonds is 4. The Morgan fingerprint density at radius 3 is 1.25 bits per heavy atom. The van der Waals surface area contributed by atoms with Gasteiger partial charge in [0.25, 0.3) is 0 Å². The molecule has 3 heteroatoms. The van der Waals surface area contributed by atoms with Crippen LogP contribution in [0.15, 0.2) is 200 Å². The average molecular weight is 724 g/mol. The highest BCUT2D eigenvalue weighted by Gasteiger charge is 2.19. The van der Waals surface area contributed by atoms with Gasteiger partial charge in [-0.2, -0.15) is 0 Å². The fourth-order valence-electron chi connectivity index (χ4n) is 9.85. The summed E-state index contributed by atoms with van der Waals surface area (Å²) in [5.74, 6) is 0. The summed E-state index contributed by atoms with van der Waals surface area (Å²) in [7, 11) is 0. The lowest BCUT2D eigenvalue weighted by Crippen LogP contribution is -1.94. The maximum atomic E-state index is 2.47. The van der Waals surface area contributed by atoms with E-state index in [1.807, 2.05) is 0 Å². The fraction of sp³-hybridized carbons (Fsp3) is 0. The van der Waals surface area contributed by atoms with Gasteiger partial charge in [0.05, 0.1) is 38.6 Å². The summed E-state index contributed by atoms with van der Waals surface area (Å²) in [6.45, 7) is 0. The Balaban J connectivity index is 1.00. The molecule has 0 saturated carbocycles. The van der Waals surface area contributed by atoms with E-state index in [2.05, 4.69) is 214 Å². The van der Waals surface area contributed by atoms with Crippen molar-refractivity contribution in [2.24, 2.45) is 0 Å². The van der Waals surface area contributed by atoms with Crippen LogP contribution in [0.1, 0.15) is 0 Å². The molecule has 0 aliphatic carbocycles. The molecule has 0 amide bonds. The van der Waals surface area contributed by atoms with E-state index in [0.29, 0.717) is 0 Å². The van der Waals surface area contributed by atoms with E-state index in [9.17, 15) is 0 Å². The Morgan fingerprint density at radius 1 is 0.228 bits per heavy atom. The molecule has 57 heavy (non-hydrogen) atoms. The smallest absolute Gasteiger partial charge is 0.0620 e. The molecule has 0 spiro atoms. The van der Waals surface area contributed by atoms with Crippen molar-refractivity contribution in [3.8, 4) is 33.6 Å². The van der Waals surface area contributed by atoms with Gasteiger partial charge in [-0.3, -0.25) is 0 Å². The molecule has 0 atom stereocenters. The molecule has 0 bridgehead atoms. The summed E-state index contributed by atoms with van der Waals surface area (Å²) in [6, 6.07) is 73.7. The molecule has 0 aliphatic rings. The summed E-state index contributed by atoms with van der Waals surface area (Å²) in [6.07, 6.45) is 0. The lowest BCUT2D eigenvalue weighted by molar-refractivity contribution is 1.18. The van der Waals surface area contributed by atoms with Gasteiger partial charge in [0.1, 0.15) is 0 Å². The molecule has 0 radical (unpaired) electrons. The monoisotopic (exact) mass is 723 g/mol. The van der Waals surface area contributed by atoms with E-state index in [0.717, 1.165) is 5.69 Å². The van der Waals surface area contributed by atoms with Gasteiger partial charge in [-0.25, -0.2) is 0 Å².